The topological polar surface area (TPSA) is 38.3 Å². The summed E-state index contributed by atoms with van der Waals surface area (Å²) < 4.78 is 4.55. The third kappa shape index (κ3) is 2.12. The van der Waals surface area contributed by atoms with E-state index in [0.29, 0.717) is 12.5 Å². The molecule has 1 atom stereocenters. The molecule has 1 unspecified atom stereocenters. The van der Waals surface area contributed by atoms with Crippen LogP contribution in [-0.2, 0) is 11.2 Å². The zero-order valence-corrected chi connectivity index (χ0v) is 8.82. The maximum absolute atomic E-state index is 10.9. The van der Waals surface area contributed by atoms with Crippen LogP contribution in [-0.4, -0.2) is 19.7 Å². The number of hydrogen-bond acceptors (Lipinski definition) is 2. The molecule has 1 aliphatic rings. The number of ether oxygens (including phenoxy) is 1. The van der Waals surface area contributed by atoms with Crippen LogP contribution in [0.1, 0.15) is 23.5 Å². The van der Waals surface area contributed by atoms with E-state index in [4.69, 9.17) is 0 Å². The van der Waals surface area contributed by atoms with E-state index in [1.165, 1.54) is 18.2 Å². The third-order valence-corrected chi connectivity index (χ3v) is 2.94. The Morgan fingerprint density at radius 1 is 1.53 bits per heavy atom. The molecule has 15 heavy (non-hydrogen) atoms. The number of carbonyl (C=O) groups excluding carboxylic acids is 1. The zero-order valence-electron chi connectivity index (χ0n) is 8.82. The van der Waals surface area contributed by atoms with Crippen molar-refractivity contribution in [3.05, 3.63) is 35.4 Å². The quantitative estimate of drug-likeness (QED) is 0.802. The van der Waals surface area contributed by atoms with Crippen molar-refractivity contribution >= 4 is 6.09 Å². The molecule has 1 N–H and O–H groups in total. The van der Waals surface area contributed by atoms with Crippen molar-refractivity contribution in [2.45, 2.75) is 18.8 Å². The molecule has 80 valence electrons. The first kappa shape index (κ1) is 10.0. The molecule has 1 aromatic rings. The summed E-state index contributed by atoms with van der Waals surface area (Å²) in [6.07, 6.45) is 1.88. The average molecular weight is 205 g/mol. The summed E-state index contributed by atoms with van der Waals surface area (Å²) in [5.74, 6) is 0.445. The van der Waals surface area contributed by atoms with Crippen LogP contribution in [0, 0.1) is 0 Å². The van der Waals surface area contributed by atoms with Gasteiger partial charge in [0, 0.05) is 12.5 Å². The Hall–Kier alpha value is -1.51. The van der Waals surface area contributed by atoms with E-state index in [2.05, 4.69) is 34.3 Å². The van der Waals surface area contributed by atoms with Gasteiger partial charge in [0.1, 0.15) is 0 Å². The molecule has 1 aromatic carbocycles. The van der Waals surface area contributed by atoms with E-state index in [9.17, 15) is 4.79 Å². The lowest BCUT2D eigenvalue weighted by Gasteiger charge is -2.11. The maximum atomic E-state index is 10.9. The van der Waals surface area contributed by atoms with Gasteiger partial charge < -0.3 is 10.1 Å². The fourth-order valence-electron chi connectivity index (χ4n) is 2.14. The fraction of sp³-hybridized carbons (Fsp3) is 0.417. The van der Waals surface area contributed by atoms with Gasteiger partial charge in [-0.05, 0) is 24.0 Å². The molecule has 0 saturated heterocycles. The molecule has 3 nitrogen and oxygen atoms in total. The van der Waals surface area contributed by atoms with E-state index in [1.807, 2.05) is 0 Å². The highest BCUT2D eigenvalue weighted by atomic mass is 16.5. The second-order valence-corrected chi connectivity index (χ2v) is 3.81. The minimum atomic E-state index is -0.348. The minimum Gasteiger partial charge on any atom is -0.453 e. The summed E-state index contributed by atoms with van der Waals surface area (Å²) in [5.41, 5.74) is 2.78. The molecule has 0 aliphatic heterocycles. The molecular formula is C12H15NO2. The third-order valence-electron chi connectivity index (χ3n) is 2.94. The van der Waals surface area contributed by atoms with Crippen LogP contribution in [0.15, 0.2) is 24.3 Å². The van der Waals surface area contributed by atoms with E-state index in [-0.39, 0.29) is 6.09 Å². The van der Waals surface area contributed by atoms with E-state index in [0.717, 1.165) is 12.8 Å². The first-order chi connectivity index (χ1) is 7.31. The Kier molecular flexibility index (Phi) is 2.90. The standard InChI is InChI=1S/C12H15NO2/c1-15-12(14)13-8-10-7-6-9-4-2-3-5-11(9)10/h2-5,10H,6-8H2,1H3,(H,13,14). The van der Waals surface area contributed by atoms with Crippen molar-refractivity contribution < 1.29 is 9.53 Å². The Bertz CT molecular complexity index is 362. The van der Waals surface area contributed by atoms with Gasteiger partial charge in [0.05, 0.1) is 7.11 Å². The van der Waals surface area contributed by atoms with Crippen LogP contribution >= 0.6 is 0 Å². The molecule has 0 spiro atoms. The molecular weight excluding hydrogens is 190 g/mol. The van der Waals surface area contributed by atoms with Crippen molar-refractivity contribution in [2.75, 3.05) is 13.7 Å². The number of hydrogen-bond donors (Lipinski definition) is 1. The second-order valence-electron chi connectivity index (χ2n) is 3.81. The molecule has 0 saturated carbocycles. The number of carbonyl (C=O) groups is 1. The predicted octanol–water partition coefficient (Wildman–Crippen LogP) is 2.07. The molecule has 1 aliphatic carbocycles. The van der Waals surface area contributed by atoms with Gasteiger partial charge in [-0.1, -0.05) is 24.3 Å². The van der Waals surface area contributed by atoms with Crippen LogP contribution in [0.4, 0.5) is 4.79 Å². The number of methoxy groups -OCH3 is 1. The number of fused-ring (bicyclic) bond motifs is 1. The second kappa shape index (κ2) is 4.34. The summed E-state index contributed by atoms with van der Waals surface area (Å²) >= 11 is 0. The Labute approximate surface area is 89.4 Å². The van der Waals surface area contributed by atoms with Gasteiger partial charge in [-0.15, -0.1) is 0 Å². The zero-order chi connectivity index (χ0) is 10.7. The number of benzene rings is 1. The lowest BCUT2D eigenvalue weighted by Crippen LogP contribution is -2.27. The molecule has 0 aromatic heterocycles. The van der Waals surface area contributed by atoms with E-state index >= 15 is 0 Å². The summed E-state index contributed by atoms with van der Waals surface area (Å²) in [6, 6.07) is 8.42. The van der Waals surface area contributed by atoms with Gasteiger partial charge in [-0.3, -0.25) is 0 Å². The lowest BCUT2D eigenvalue weighted by molar-refractivity contribution is 0.170. The van der Waals surface area contributed by atoms with Gasteiger partial charge in [0.25, 0.3) is 0 Å². The molecule has 2 rings (SSSR count). The predicted molar refractivity (Wildman–Crippen MR) is 57.9 cm³/mol. The average Bonchev–Trinajstić information content (AvgIpc) is 2.69. The fourth-order valence-corrected chi connectivity index (χ4v) is 2.14. The minimum absolute atomic E-state index is 0.348. The number of nitrogens with one attached hydrogen (secondary N) is 1. The number of aryl methyl sites for hydroxylation is 1. The van der Waals surface area contributed by atoms with Crippen LogP contribution in [0.5, 0.6) is 0 Å². The number of rotatable bonds is 2. The molecule has 0 bridgehead atoms. The van der Waals surface area contributed by atoms with Crippen molar-refractivity contribution in [3.63, 3.8) is 0 Å². The van der Waals surface area contributed by atoms with Gasteiger partial charge in [-0.2, -0.15) is 0 Å². The Morgan fingerprint density at radius 2 is 2.33 bits per heavy atom. The maximum Gasteiger partial charge on any atom is 0.406 e. The van der Waals surface area contributed by atoms with Crippen molar-refractivity contribution in [1.29, 1.82) is 0 Å². The molecule has 0 fully saturated rings. The highest BCUT2D eigenvalue weighted by Crippen LogP contribution is 2.31. The highest BCUT2D eigenvalue weighted by molar-refractivity contribution is 5.67. The lowest BCUT2D eigenvalue weighted by atomic mass is 10.0. The van der Waals surface area contributed by atoms with Crippen molar-refractivity contribution in [1.82, 2.24) is 5.32 Å². The van der Waals surface area contributed by atoms with Crippen LogP contribution in [0.2, 0.25) is 0 Å². The smallest absolute Gasteiger partial charge is 0.406 e. The van der Waals surface area contributed by atoms with Crippen LogP contribution in [0.25, 0.3) is 0 Å². The first-order valence-electron chi connectivity index (χ1n) is 5.21. The Balaban J connectivity index is 1.99. The van der Waals surface area contributed by atoms with Gasteiger partial charge >= 0.3 is 6.09 Å². The van der Waals surface area contributed by atoms with E-state index in [1.54, 1.807) is 0 Å². The van der Waals surface area contributed by atoms with E-state index < -0.39 is 0 Å². The van der Waals surface area contributed by atoms with Gasteiger partial charge in [0.2, 0.25) is 0 Å². The number of alkyl carbamates (subject to hydrolysis) is 1. The molecule has 1 amide bonds. The SMILES string of the molecule is COC(=O)NCC1CCc2ccccc21. The summed E-state index contributed by atoms with van der Waals surface area (Å²) in [6.45, 7) is 0.670. The summed E-state index contributed by atoms with van der Waals surface area (Å²) in [5, 5.41) is 2.75. The Morgan fingerprint density at radius 3 is 3.13 bits per heavy atom. The highest BCUT2D eigenvalue weighted by Gasteiger charge is 2.21. The number of amides is 1. The van der Waals surface area contributed by atoms with Gasteiger partial charge in [0.15, 0.2) is 0 Å². The van der Waals surface area contributed by atoms with Crippen molar-refractivity contribution in [3.8, 4) is 0 Å². The largest absolute Gasteiger partial charge is 0.453 e. The summed E-state index contributed by atoms with van der Waals surface area (Å²) in [7, 11) is 1.39. The molecule has 0 radical (unpaired) electrons. The molecule has 3 heteroatoms. The van der Waals surface area contributed by atoms with Gasteiger partial charge in [-0.25, -0.2) is 4.79 Å². The molecule has 0 heterocycles. The first-order valence-corrected chi connectivity index (χ1v) is 5.21. The monoisotopic (exact) mass is 205 g/mol. The van der Waals surface area contributed by atoms with Crippen LogP contribution < -0.4 is 5.32 Å². The van der Waals surface area contributed by atoms with Crippen molar-refractivity contribution in [2.24, 2.45) is 0 Å². The normalized spacial score (nSPS) is 18.3. The summed E-state index contributed by atoms with van der Waals surface area (Å²) in [4.78, 5) is 10.9. The van der Waals surface area contributed by atoms with Crippen LogP contribution in [0.3, 0.4) is 0 Å².